The lowest BCUT2D eigenvalue weighted by Crippen LogP contribution is -2.13. The van der Waals surface area contributed by atoms with Gasteiger partial charge in [-0.15, -0.1) is 0 Å². The number of imidazole rings is 1. The highest BCUT2D eigenvalue weighted by atomic mass is 15.1. The summed E-state index contributed by atoms with van der Waals surface area (Å²) >= 11 is 0. The van der Waals surface area contributed by atoms with Crippen LogP contribution in [-0.2, 0) is 13.1 Å². The van der Waals surface area contributed by atoms with E-state index < -0.39 is 0 Å². The molecule has 0 saturated heterocycles. The average molecular weight is 191 g/mol. The Kier molecular flexibility index (Phi) is 2.60. The summed E-state index contributed by atoms with van der Waals surface area (Å²) in [5.74, 6) is 0. The van der Waals surface area contributed by atoms with E-state index in [1.54, 1.807) is 6.33 Å². The lowest BCUT2D eigenvalue weighted by atomic mass is 10.2. The van der Waals surface area contributed by atoms with E-state index in [9.17, 15) is 0 Å². The molecule has 0 spiro atoms. The van der Waals surface area contributed by atoms with Gasteiger partial charge in [-0.1, -0.05) is 0 Å². The summed E-state index contributed by atoms with van der Waals surface area (Å²) in [6.07, 6.45) is 5.34. The summed E-state index contributed by atoms with van der Waals surface area (Å²) in [4.78, 5) is 6.98. The average Bonchev–Trinajstić information content (AvgIpc) is 2.78. The SMILES string of the molecule is Cc1[nH]ncc1CNCc1cnc[nH]1. The number of hydrogen-bond donors (Lipinski definition) is 3. The molecular weight excluding hydrogens is 178 g/mol. The minimum Gasteiger partial charge on any atom is -0.347 e. The highest BCUT2D eigenvalue weighted by Gasteiger charge is 1.99. The van der Waals surface area contributed by atoms with Gasteiger partial charge < -0.3 is 10.3 Å². The zero-order valence-electron chi connectivity index (χ0n) is 8.04. The Bertz CT molecular complexity index is 376. The van der Waals surface area contributed by atoms with E-state index in [0.29, 0.717) is 0 Å². The molecule has 0 aliphatic carbocycles. The quantitative estimate of drug-likeness (QED) is 0.667. The van der Waals surface area contributed by atoms with Gasteiger partial charge in [-0.3, -0.25) is 5.10 Å². The Labute approximate surface area is 82.0 Å². The van der Waals surface area contributed by atoms with Crippen LogP contribution < -0.4 is 5.32 Å². The first kappa shape index (κ1) is 8.96. The number of aryl methyl sites for hydroxylation is 1. The second kappa shape index (κ2) is 4.06. The molecule has 0 saturated carbocycles. The fourth-order valence-corrected chi connectivity index (χ4v) is 1.27. The molecule has 0 aliphatic heterocycles. The number of nitrogens with one attached hydrogen (secondary N) is 3. The summed E-state index contributed by atoms with van der Waals surface area (Å²) in [6, 6.07) is 0. The fourth-order valence-electron chi connectivity index (χ4n) is 1.27. The molecule has 0 atom stereocenters. The van der Waals surface area contributed by atoms with Crippen LogP contribution >= 0.6 is 0 Å². The third-order valence-electron chi connectivity index (χ3n) is 2.12. The lowest BCUT2D eigenvalue weighted by Gasteiger charge is -2.01. The first-order valence-electron chi connectivity index (χ1n) is 4.53. The van der Waals surface area contributed by atoms with Crippen molar-refractivity contribution in [3.8, 4) is 0 Å². The topological polar surface area (TPSA) is 69.4 Å². The molecule has 2 rings (SSSR count). The van der Waals surface area contributed by atoms with Crippen LogP contribution in [0.2, 0.25) is 0 Å². The van der Waals surface area contributed by atoms with Crippen molar-refractivity contribution in [1.82, 2.24) is 25.5 Å². The number of nitrogens with zero attached hydrogens (tertiary/aromatic N) is 2. The molecule has 5 nitrogen and oxygen atoms in total. The van der Waals surface area contributed by atoms with Gasteiger partial charge in [0.15, 0.2) is 0 Å². The number of rotatable bonds is 4. The van der Waals surface area contributed by atoms with Crippen LogP contribution in [0.5, 0.6) is 0 Å². The highest BCUT2D eigenvalue weighted by molar-refractivity contribution is 5.13. The Morgan fingerprint density at radius 2 is 2.29 bits per heavy atom. The third-order valence-corrected chi connectivity index (χ3v) is 2.12. The Hall–Kier alpha value is -1.62. The van der Waals surface area contributed by atoms with Crippen LogP contribution in [0.3, 0.4) is 0 Å². The summed E-state index contributed by atoms with van der Waals surface area (Å²) in [5, 5.41) is 10.2. The van der Waals surface area contributed by atoms with Gasteiger partial charge in [-0.25, -0.2) is 4.98 Å². The van der Waals surface area contributed by atoms with Crippen molar-refractivity contribution >= 4 is 0 Å². The van der Waals surface area contributed by atoms with Crippen LogP contribution in [0.4, 0.5) is 0 Å². The Morgan fingerprint density at radius 1 is 1.36 bits per heavy atom. The highest BCUT2D eigenvalue weighted by Crippen LogP contribution is 2.01. The molecular formula is C9H13N5. The van der Waals surface area contributed by atoms with Gasteiger partial charge in [0, 0.05) is 36.2 Å². The van der Waals surface area contributed by atoms with E-state index in [1.165, 1.54) is 5.56 Å². The zero-order chi connectivity index (χ0) is 9.80. The number of H-pyrrole nitrogens is 2. The van der Waals surface area contributed by atoms with Gasteiger partial charge in [0.1, 0.15) is 0 Å². The molecule has 0 fully saturated rings. The molecule has 2 heterocycles. The van der Waals surface area contributed by atoms with Crippen LogP contribution in [0.1, 0.15) is 17.0 Å². The van der Waals surface area contributed by atoms with Crippen LogP contribution in [0.15, 0.2) is 18.7 Å². The maximum absolute atomic E-state index is 3.95. The van der Waals surface area contributed by atoms with Gasteiger partial charge >= 0.3 is 0 Å². The van der Waals surface area contributed by atoms with E-state index in [2.05, 4.69) is 25.5 Å². The van der Waals surface area contributed by atoms with Gasteiger partial charge in [0.2, 0.25) is 0 Å². The van der Waals surface area contributed by atoms with Crippen molar-refractivity contribution < 1.29 is 0 Å². The first-order valence-corrected chi connectivity index (χ1v) is 4.53. The predicted molar refractivity (Wildman–Crippen MR) is 52.5 cm³/mol. The minimum atomic E-state index is 0.796. The van der Waals surface area contributed by atoms with E-state index >= 15 is 0 Å². The fraction of sp³-hybridized carbons (Fsp3) is 0.333. The molecule has 14 heavy (non-hydrogen) atoms. The van der Waals surface area contributed by atoms with Crippen molar-refractivity contribution in [2.24, 2.45) is 0 Å². The van der Waals surface area contributed by atoms with Crippen molar-refractivity contribution in [1.29, 1.82) is 0 Å². The first-order chi connectivity index (χ1) is 6.86. The maximum atomic E-state index is 3.95. The maximum Gasteiger partial charge on any atom is 0.0922 e. The molecule has 2 aromatic rings. The lowest BCUT2D eigenvalue weighted by molar-refractivity contribution is 0.680. The van der Waals surface area contributed by atoms with Gasteiger partial charge in [0.25, 0.3) is 0 Å². The molecule has 2 aromatic heterocycles. The van der Waals surface area contributed by atoms with Crippen molar-refractivity contribution in [2.75, 3.05) is 0 Å². The molecule has 0 radical (unpaired) electrons. The van der Waals surface area contributed by atoms with Crippen molar-refractivity contribution in [3.05, 3.63) is 35.7 Å². The molecule has 0 unspecified atom stereocenters. The molecule has 0 amide bonds. The molecule has 5 heteroatoms. The summed E-state index contributed by atoms with van der Waals surface area (Å²) in [6.45, 7) is 3.63. The van der Waals surface area contributed by atoms with E-state index in [0.717, 1.165) is 24.5 Å². The number of aromatic amines is 2. The van der Waals surface area contributed by atoms with Gasteiger partial charge in [-0.2, -0.15) is 5.10 Å². The molecule has 74 valence electrons. The molecule has 0 bridgehead atoms. The number of aromatic nitrogens is 4. The molecule has 0 aliphatic rings. The zero-order valence-corrected chi connectivity index (χ0v) is 8.04. The second-order valence-electron chi connectivity index (χ2n) is 3.20. The van der Waals surface area contributed by atoms with Gasteiger partial charge in [-0.05, 0) is 6.92 Å². The predicted octanol–water partition coefficient (Wildman–Crippen LogP) is 0.731. The largest absolute Gasteiger partial charge is 0.347 e. The Morgan fingerprint density at radius 3 is 2.93 bits per heavy atom. The monoisotopic (exact) mass is 191 g/mol. The number of hydrogen-bond acceptors (Lipinski definition) is 3. The normalized spacial score (nSPS) is 10.6. The standard InChI is InChI=1S/C9H13N5/c1-7-8(3-13-14-7)2-10-4-9-5-11-6-12-9/h3,5-6,10H,2,4H2,1H3,(H,11,12)(H,13,14). The summed E-state index contributed by atoms with van der Waals surface area (Å²) in [5.41, 5.74) is 3.40. The minimum absolute atomic E-state index is 0.796. The van der Waals surface area contributed by atoms with Crippen molar-refractivity contribution in [2.45, 2.75) is 20.0 Å². The molecule has 3 N–H and O–H groups in total. The smallest absolute Gasteiger partial charge is 0.0922 e. The van der Waals surface area contributed by atoms with Crippen LogP contribution in [0.25, 0.3) is 0 Å². The van der Waals surface area contributed by atoms with Crippen LogP contribution in [0, 0.1) is 6.92 Å². The second-order valence-corrected chi connectivity index (χ2v) is 3.20. The third kappa shape index (κ3) is 2.00. The van der Waals surface area contributed by atoms with Crippen molar-refractivity contribution in [3.63, 3.8) is 0 Å². The summed E-state index contributed by atoms with van der Waals surface area (Å²) < 4.78 is 0. The summed E-state index contributed by atoms with van der Waals surface area (Å²) in [7, 11) is 0. The van der Waals surface area contributed by atoms with E-state index in [-0.39, 0.29) is 0 Å². The Balaban J connectivity index is 1.81. The molecule has 0 aromatic carbocycles. The van der Waals surface area contributed by atoms with Crippen LogP contribution in [-0.4, -0.2) is 20.2 Å². The van der Waals surface area contributed by atoms with E-state index in [4.69, 9.17) is 0 Å². The van der Waals surface area contributed by atoms with E-state index in [1.807, 2.05) is 19.3 Å². The van der Waals surface area contributed by atoms with Gasteiger partial charge in [0.05, 0.1) is 12.5 Å².